The maximum absolute atomic E-state index is 13.2. The minimum Gasteiger partial charge on any atom is -0.724 e. The van der Waals surface area contributed by atoms with Gasteiger partial charge in [0.2, 0.25) is 22.7 Å². The number of carboxylic acid groups (broad SMARTS) is 1. The molecule has 3 aromatic rings. The second-order valence-electron chi connectivity index (χ2n) is 10.7. The Labute approximate surface area is 267 Å². The van der Waals surface area contributed by atoms with E-state index < -0.39 is 51.6 Å². The molecule has 2 aromatic heterocycles. The Hall–Kier alpha value is -4.63. The van der Waals surface area contributed by atoms with Crippen molar-refractivity contribution in [3.63, 3.8) is 0 Å². The number of hydroxylamine groups is 2. The summed E-state index contributed by atoms with van der Waals surface area (Å²) in [5, 5.41) is 20.6. The number of nitrogens with zero attached hydrogens (tertiary/aromatic N) is 5. The van der Waals surface area contributed by atoms with Crippen LogP contribution in [0.25, 0.3) is 11.1 Å². The first kappa shape index (κ1) is 34.2. The Morgan fingerprint density at radius 3 is 2.54 bits per heavy atom. The van der Waals surface area contributed by atoms with Crippen LogP contribution in [-0.2, 0) is 47.5 Å². The van der Waals surface area contributed by atoms with Gasteiger partial charge in [-0.25, -0.2) is 18.2 Å². The lowest BCUT2D eigenvalue weighted by Gasteiger charge is -2.51. The van der Waals surface area contributed by atoms with E-state index in [0.717, 1.165) is 35.4 Å². The molecule has 2 unspecified atom stereocenters. The van der Waals surface area contributed by atoms with Crippen molar-refractivity contribution >= 4 is 56.1 Å². The molecule has 0 saturated carbocycles. The number of β-lactam (4-membered cyclic amide) rings is 1. The number of rotatable bonds is 15. The van der Waals surface area contributed by atoms with Crippen molar-refractivity contribution in [1.29, 1.82) is 0 Å². The average Bonchev–Trinajstić information content (AvgIpc) is 3.59. The minimum atomic E-state index is -5.26. The molecule has 0 bridgehead atoms. The molecule has 1 fully saturated rings. The standard InChI is InChI=1S/C26H33N9O9S2/c1-26(2)21(23(37)35(26)44-46(40,41)42)31-22(36)20(18-14-45-25(28)30-18)32-43-19(24(38)39)11-29-17-7-5-15(6-8-17)16-12-33(3)34(13-16)10-4-9-27/h5-8,12-14,19,21,29H,4,9-11,27H2,1-3H3,(H4-,28,30,31,36,38,39,40,41,42). The van der Waals surface area contributed by atoms with Crippen LogP contribution < -0.4 is 26.8 Å². The van der Waals surface area contributed by atoms with E-state index in [1.54, 1.807) is 12.1 Å². The van der Waals surface area contributed by atoms with Crippen LogP contribution >= 0.6 is 11.3 Å². The van der Waals surface area contributed by atoms with Gasteiger partial charge in [0.1, 0.15) is 11.7 Å². The number of oxime groups is 1. The summed E-state index contributed by atoms with van der Waals surface area (Å²) >= 11 is 0.966. The molecule has 1 aliphatic heterocycles. The molecule has 46 heavy (non-hydrogen) atoms. The molecule has 1 saturated heterocycles. The van der Waals surface area contributed by atoms with Crippen molar-refractivity contribution < 1.29 is 46.3 Å². The first-order valence-electron chi connectivity index (χ1n) is 13.7. The van der Waals surface area contributed by atoms with Gasteiger partial charge in [0.25, 0.3) is 11.8 Å². The maximum atomic E-state index is 13.2. The van der Waals surface area contributed by atoms with E-state index in [-0.39, 0.29) is 17.4 Å². The Kier molecular flexibility index (Phi) is 10.3. The molecule has 7 N–H and O–H groups in total. The summed E-state index contributed by atoms with van der Waals surface area (Å²) in [5.74, 6) is -3.43. The van der Waals surface area contributed by atoms with Gasteiger partial charge in [-0.15, -0.1) is 16.0 Å². The Balaban J connectivity index is 1.44. The van der Waals surface area contributed by atoms with Gasteiger partial charge >= 0.3 is 5.97 Å². The van der Waals surface area contributed by atoms with Gasteiger partial charge < -0.3 is 36.6 Å². The molecular weight excluding hydrogens is 646 g/mol. The first-order chi connectivity index (χ1) is 21.6. The first-order valence-corrected chi connectivity index (χ1v) is 15.9. The van der Waals surface area contributed by atoms with Crippen LogP contribution in [-0.4, -0.2) is 87.1 Å². The fourth-order valence-electron chi connectivity index (χ4n) is 4.48. The predicted octanol–water partition coefficient (Wildman–Crippen LogP) is -0.849. The Morgan fingerprint density at radius 2 is 1.98 bits per heavy atom. The number of nitrogen functional groups attached to an aromatic ring is 1. The fourth-order valence-corrected chi connectivity index (χ4v) is 5.48. The number of benzene rings is 1. The van der Waals surface area contributed by atoms with Gasteiger partial charge in [-0.2, -0.15) is 14.0 Å². The summed E-state index contributed by atoms with van der Waals surface area (Å²) in [6.45, 7) is 3.81. The number of carbonyl (C=O) groups is 3. The van der Waals surface area contributed by atoms with Gasteiger partial charge in [-0.1, -0.05) is 17.3 Å². The van der Waals surface area contributed by atoms with Crippen molar-refractivity contribution in [1.82, 2.24) is 20.0 Å². The molecule has 3 heterocycles. The zero-order chi connectivity index (χ0) is 33.8. The lowest BCUT2D eigenvalue weighted by atomic mass is 9.84. The van der Waals surface area contributed by atoms with E-state index in [1.807, 2.05) is 40.9 Å². The van der Waals surface area contributed by atoms with Crippen molar-refractivity contribution in [3.05, 3.63) is 47.7 Å². The number of aryl methyl sites for hydroxylation is 2. The predicted molar refractivity (Wildman–Crippen MR) is 162 cm³/mol. The third-order valence-corrected chi connectivity index (χ3v) is 7.97. The SMILES string of the molecule is C[n+]1cc(-c2ccc(NCC(ON=C(C(=O)NC3C(=O)N(OS(=O)(=O)[O-])C3(C)C)c3csc(N)n3)C(=O)O)cc2)cn1CCCN. The minimum absolute atomic E-state index is 0.0663. The van der Waals surface area contributed by atoms with Crippen LogP contribution in [0.2, 0.25) is 0 Å². The van der Waals surface area contributed by atoms with Gasteiger partial charge in [-0.3, -0.25) is 9.59 Å². The molecule has 2 atom stereocenters. The number of amides is 2. The molecule has 0 spiro atoms. The summed E-state index contributed by atoms with van der Waals surface area (Å²) in [6, 6.07) is 5.95. The Morgan fingerprint density at radius 1 is 1.28 bits per heavy atom. The van der Waals surface area contributed by atoms with Gasteiger partial charge in [0, 0.05) is 11.1 Å². The number of carbonyl (C=O) groups excluding carboxylic acids is 2. The van der Waals surface area contributed by atoms with Crippen molar-refractivity contribution in [3.8, 4) is 11.1 Å². The maximum Gasteiger partial charge on any atom is 0.349 e. The third kappa shape index (κ3) is 7.95. The molecule has 1 aliphatic rings. The largest absolute Gasteiger partial charge is 0.724 e. The number of hydrogen-bond acceptors (Lipinski definition) is 14. The molecule has 248 valence electrons. The molecule has 0 aliphatic carbocycles. The van der Waals surface area contributed by atoms with E-state index in [9.17, 15) is 32.5 Å². The van der Waals surface area contributed by atoms with Crippen LogP contribution in [0.3, 0.4) is 0 Å². The number of hydrogen-bond donors (Lipinski definition) is 5. The second-order valence-corrected chi connectivity index (χ2v) is 12.5. The number of nitrogens with two attached hydrogens (primary N) is 2. The summed E-state index contributed by atoms with van der Waals surface area (Å²) in [4.78, 5) is 46.9. The lowest BCUT2D eigenvalue weighted by molar-refractivity contribution is -0.753. The number of nitrogens with one attached hydrogen (secondary N) is 2. The molecule has 0 radical (unpaired) electrons. The highest BCUT2D eigenvalue weighted by Crippen LogP contribution is 2.33. The molecule has 20 heteroatoms. The summed E-state index contributed by atoms with van der Waals surface area (Å²) in [6.07, 6.45) is 3.27. The quantitative estimate of drug-likeness (QED) is 0.0328. The zero-order valence-corrected chi connectivity index (χ0v) is 26.6. The number of aliphatic carboxylic acids is 1. The molecule has 18 nitrogen and oxygen atoms in total. The number of aromatic nitrogens is 3. The number of anilines is 2. The van der Waals surface area contributed by atoms with Crippen molar-refractivity contribution in [2.45, 2.75) is 44.5 Å². The summed E-state index contributed by atoms with van der Waals surface area (Å²) < 4.78 is 41.1. The number of carboxylic acids is 1. The molecular formula is C26H33N9O9S2. The summed E-state index contributed by atoms with van der Waals surface area (Å²) in [7, 11) is -3.32. The highest BCUT2D eigenvalue weighted by atomic mass is 32.3. The fraction of sp³-hybridized carbons (Fsp3) is 0.385. The van der Waals surface area contributed by atoms with Crippen molar-refractivity contribution in [2.75, 3.05) is 24.1 Å². The molecule has 2 amide bonds. The highest BCUT2D eigenvalue weighted by molar-refractivity contribution is 7.80. The van der Waals surface area contributed by atoms with Gasteiger partial charge in [-0.05, 0) is 44.5 Å². The molecule has 4 rings (SSSR count). The van der Waals surface area contributed by atoms with E-state index in [1.165, 1.54) is 19.2 Å². The van der Waals surface area contributed by atoms with Crippen LogP contribution in [0.5, 0.6) is 0 Å². The lowest BCUT2D eigenvalue weighted by Crippen LogP contribution is -2.76. The van der Waals surface area contributed by atoms with E-state index in [2.05, 4.69) is 25.1 Å². The monoisotopic (exact) mass is 679 g/mol. The van der Waals surface area contributed by atoms with Crippen LogP contribution in [0, 0.1) is 0 Å². The van der Waals surface area contributed by atoms with Crippen LogP contribution in [0.4, 0.5) is 10.8 Å². The van der Waals surface area contributed by atoms with Crippen molar-refractivity contribution in [2.24, 2.45) is 17.9 Å². The third-order valence-electron chi connectivity index (χ3n) is 6.96. The highest BCUT2D eigenvalue weighted by Gasteiger charge is 2.57. The second kappa shape index (κ2) is 13.8. The topological polar surface area (TPSA) is 260 Å². The average molecular weight is 680 g/mol. The van der Waals surface area contributed by atoms with E-state index in [0.29, 0.717) is 17.3 Å². The molecule has 1 aromatic carbocycles. The van der Waals surface area contributed by atoms with Gasteiger partial charge in [0.15, 0.2) is 17.9 Å². The van der Waals surface area contributed by atoms with Gasteiger partial charge in [0.05, 0.1) is 30.4 Å². The normalized spacial score (nSPS) is 16.9. The van der Waals surface area contributed by atoms with Crippen LogP contribution in [0.1, 0.15) is 26.0 Å². The summed E-state index contributed by atoms with van der Waals surface area (Å²) in [5.41, 5.74) is 11.8. The Bertz CT molecular complexity index is 1740. The van der Waals surface area contributed by atoms with E-state index in [4.69, 9.17) is 16.3 Å². The number of thiazole rings is 1. The van der Waals surface area contributed by atoms with Crippen LogP contribution in [0.15, 0.2) is 47.2 Å². The van der Waals surface area contributed by atoms with E-state index >= 15 is 0 Å². The zero-order valence-electron chi connectivity index (χ0n) is 24.9. The smallest absolute Gasteiger partial charge is 0.349 e.